The number of methoxy groups -OCH3 is 1. The van der Waals surface area contributed by atoms with Crippen molar-refractivity contribution in [3.8, 4) is 5.75 Å². The summed E-state index contributed by atoms with van der Waals surface area (Å²) in [6.07, 6.45) is 0. The van der Waals surface area contributed by atoms with Crippen molar-refractivity contribution in [2.45, 2.75) is 4.90 Å². The van der Waals surface area contributed by atoms with Gasteiger partial charge in [0.15, 0.2) is 0 Å². The van der Waals surface area contributed by atoms with Crippen LogP contribution in [0.4, 0.5) is 17.1 Å². The molecule has 21 heavy (non-hydrogen) atoms. The molecule has 0 radical (unpaired) electrons. The lowest BCUT2D eigenvalue weighted by atomic mass is 10.2. The van der Waals surface area contributed by atoms with Gasteiger partial charge in [-0.25, -0.2) is 13.6 Å². The number of ether oxygens (including phenoxy) is 1. The molecule has 0 aliphatic rings. The standard InChI is InChI=1S/C14H17N3O3S/c1-17(10-3-6-12(20-2)7-4-10)11-5-8-14(13(15)9-11)21(16,18)19/h3-9H,15H2,1-2H3,(H2,16,18,19). The average Bonchev–Trinajstić information content (AvgIpc) is 2.45. The number of nitrogen functional groups attached to an aromatic ring is 1. The van der Waals surface area contributed by atoms with Crippen LogP contribution in [0.25, 0.3) is 0 Å². The number of nitrogens with two attached hydrogens (primary N) is 2. The third-order valence-electron chi connectivity index (χ3n) is 3.15. The maximum Gasteiger partial charge on any atom is 0.240 e. The monoisotopic (exact) mass is 307 g/mol. The van der Waals surface area contributed by atoms with Crippen molar-refractivity contribution in [1.82, 2.24) is 0 Å². The van der Waals surface area contributed by atoms with E-state index in [1.54, 1.807) is 19.2 Å². The summed E-state index contributed by atoms with van der Waals surface area (Å²) in [5.74, 6) is 0.760. The molecule has 0 bridgehead atoms. The Morgan fingerprint density at radius 2 is 1.62 bits per heavy atom. The van der Waals surface area contributed by atoms with Crippen LogP contribution in [0.5, 0.6) is 5.75 Å². The number of hydrogen-bond acceptors (Lipinski definition) is 5. The molecule has 0 saturated carbocycles. The number of hydrogen-bond donors (Lipinski definition) is 2. The predicted molar refractivity (Wildman–Crippen MR) is 83.3 cm³/mol. The molecule has 0 fully saturated rings. The summed E-state index contributed by atoms with van der Waals surface area (Å²) in [6.45, 7) is 0. The van der Waals surface area contributed by atoms with Crippen LogP contribution in [0.3, 0.4) is 0 Å². The SMILES string of the molecule is COc1ccc(N(C)c2ccc(S(N)(=O)=O)c(N)c2)cc1. The van der Waals surface area contributed by atoms with Gasteiger partial charge in [0.2, 0.25) is 10.0 Å². The summed E-state index contributed by atoms with van der Waals surface area (Å²) in [6, 6.07) is 12.1. The molecule has 2 aromatic rings. The van der Waals surface area contributed by atoms with E-state index in [0.717, 1.165) is 17.1 Å². The lowest BCUT2D eigenvalue weighted by Gasteiger charge is -2.20. The highest BCUT2D eigenvalue weighted by atomic mass is 32.2. The van der Waals surface area contributed by atoms with Gasteiger partial charge >= 0.3 is 0 Å². The Kier molecular flexibility index (Phi) is 4.06. The van der Waals surface area contributed by atoms with Crippen LogP contribution in [0, 0.1) is 0 Å². The van der Waals surface area contributed by atoms with Gasteiger partial charge in [-0.3, -0.25) is 0 Å². The molecule has 2 rings (SSSR count). The Morgan fingerprint density at radius 3 is 2.10 bits per heavy atom. The number of anilines is 3. The zero-order valence-corrected chi connectivity index (χ0v) is 12.6. The highest BCUT2D eigenvalue weighted by Crippen LogP contribution is 2.29. The normalized spacial score (nSPS) is 11.2. The largest absolute Gasteiger partial charge is 0.497 e. The van der Waals surface area contributed by atoms with Crippen molar-refractivity contribution in [2.75, 3.05) is 24.8 Å². The van der Waals surface area contributed by atoms with Crippen LogP contribution >= 0.6 is 0 Å². The van der Waals surface area contributed by atoms with E-state index in [-0.39, 0.29) is 10.6 Å². The highest BCUT2D eigenvalue weighted by molar-refractivity contribution is 7.89. The first-order chi connectivity index (χ1) is 9.82. The number of rotatable bonds is 4. The maximum absolute atomic E-state index is 11.3. The molecule has 0 heterocycles. The quantitative estimate of drug-likeness (QED) is 0.838. The van der Waals surface area contributed by atoms with E-state index in [2.05, 4.69) is 0 Å². The summed E-state index contributed by atoms with van der Waals surface area (Å²) in [5, 5.41) is 5.09. The number of sulfonamides is 1. The Bertz CT molecular complexity index is 743. The molecule has 0 saturated heterocycles. The van der Waals surface area contributed by atoms with Crippen molar-refractivity contribution in [3.05, 3.63) is 42.5 Å². The maximum atomic E-state index is 11.3. The van der Waals surface area contributed by atoms with Gasteiger partial charge in [-0.15, -0.1) is 0 Å². The zero-order valence-electron chi connectivity index (χ0n) is 11.8. The van der Waals surface area contributed by atoms with Crippen molar-refractivity contribution < 1.29 is 13.2 Å². The Labute approximate surface area is 124 Å². The van der Waals surface area contributed by atoms with Crippen molar-refractivity contribution in [1.29, 1.82) is 0 Å². The van der Waals surface area contributed by atoms with Gasteiger partial charge in [0.1, 0.15) is 10.6 Å². The molecule has 4 N–H and O–H groups in total. The molecule has 0 spiro atoms. The number of benzene rings is 2. The third-order valence-corrected chi connectivity index (χ3v) is 4.13. The fourth-order valence-corrected chi connectivity index (χ4v) is 2.60. The summed E-state index contributed by atoms with van der Waals surface area (Å²) in [4.78, 5) is 1.80. The fraction of sp³-hybridized carbons (Fsp3) is 0.143. The van der Waals surface area contributed by atoms with Crippen LogP contribution in [0.15, 0.2) is 47.4 Å². The first kappa shape index (κ1) is 15.1. The van der Waals surface area contributed by atoms with Crippen LogP contribution in [0.2, 0.25) is 0 Å². The van der Waals surface area contributed by atoms with Gasteiger partial charge in [-0.1, -0.05) is 0 Å². The van der Waals surface area contributed by atoms with E-state index in [9.17, 15) is 8.42 Å². The second-order valence-electron chi connectivity index (χ2n) is 4.52. The Hall–Kier alpha value is -2.25. The number of nitrogens with zero attached hydrogens (tertiary/aromatic N) is 1. The average molecular weight is 307 g/mol. The summed E-state index contributed by atoms with van der Waals surface area (Å²) >= 11 is 0. The number of primary sulfonamides is 1. The lowest BCUT2D eigenvalue weighted by Crippen LogP contribution is -2.15. The van der Waals surface area contributed by atoms with Crippen LogP contribution in [-0.2, 0) is 10.0 Å². The molecule has 0 aliphatic heterocycles. The minimum absolute atomic E-state index is 0.0746. The summed E-state index contributed by atoms with van der Waals surface area (Å²) < 4.78 is 27.8. The second kappa shape index (κ2) is 5.63. The molecule has 0 aromatic heterocycles. The van der Waals surface area contributed by atoms with Crippen molar-refractivity contribution in [3.63, 3.8) is 0 Å². The molecular formula is C14H17N3O3S. The van der Waals surface area contributed by atoms with Crippen molar-refractivity contribution in [2.24, 2.45) is 5.14 Å². The van der Waals surface area contributed by atoms with E-state index in [1.807, 2.05) is 36.2 Å². The van der Waals surface area contributed by atoms with Gasteiger partial charge in [0, 0.05) is 18.4 Å². The molecule has 2 aromatic carbocycles. The molecule has 0 amide bonds. The molecule has 0 atom stereocenters. The molecule has 112 valence electrons. The molecular weight excluding hydrogens is 290 g/mol. The van der Waals surface area contributed by atoms with Gasteiger partial charge < -0.3 is 15.4 Å². The summed E-state index contributed by atoms with van der Waals surface area (Å²) in [7, 11) is -0.353. The minimum atomic E-state index is -3.81. The van der Waals surface area contributed by atoms with E-state index in [1.165, 1.54) is 6.07 Å². The van der Waals surface area contributed by atoms with Gasteiger partial charge in [0.05, 0.1) is 12.8 Å². The van der Waals surface area contributed by atoms with Crippen LogP contribution < -0.4 is 20.5 Å². The molecule has 0 unspecified atom stereocenters. The second-order valence-corrected chi connectivity index (χ2v) is 6.05. The summed E-state index contributed by atoms with van der Waals surface area (Å²) in [5.41, 5.74) is 7.55. The highest BCUT2D eigenvalue weighted by Gasteiger charge is 2.14. The minimum Gasteiger partial charge on any atom is -0.497 e. The topological polar surface area (TPSA) is 98.6 Å². The van der Waals surface area contributed by atoms with Gasteiger partial charge in [0.25, 0.3) is 0 Å². The lowest BCUT2D eigenvalue weighted by molar-refractivity contribution is 0.415. The van der Waals surface area contributed by atoms with E-state index < -0.39 is 10.0 Å². The van der Waals surface area contributed by atoms with Crippen LogP contribution in [0.1, 0.15) is 0 Å². The molecule has 0 aliphatic carbocycles. The van der Waals surface area contributed by atoms with Gasteiger partial charge in [-0.05, 0) is 42.5 Å². The third kappa shape index (κ3) is 3.26. The smallest absolute Gasteiger partial charge is 0.240 e. The fourth-order valence-electron chi connectivity index (χ4n) is 1.96. The van der Waals surface area contributed by atoms with E-state index in [0.29, 0.717) is 0 Å². The molecule has 6 nitrogen and oxygen atoms in total. The van der Waals surface area contributed by atoms with Crippen LogP contribution in [-0.4, -0.2) is 22.6 Å². The predicted octanol–water partition coefficient (Wildman–Crippen LogP) is 1.69. The Morgan fingerprint density at radius 1 is 1.05 bits per heavy atom. The van der Waals surface area contributed by atoms with Gasteiger partial charge in [-0.2, -0.15) is 0 Å². The van der Waals surface area contributed by atoms with E-state index in [4.69, 9.17) is 15.6 Å². The first-order valence-corrected chi connectivity index (χ1v) is 7.67. The van der Waals surface area contributed by atoms with Crippen molar-refractivity contribution >= 4 is 27.1 Å². The first-order valence-electron chi connectivity index (χ1n) is 6.13. The van der Waals surface area contributed by atoms with E-state index >= 15 is 0 Å². The molecule has 7 heteroatoms. The zero-order chi connectivity index (χ0) is 15.6. The Balaban J connectivity index is 2.35.